The molecule has 2 rings (SSSR count). The summed E-state index contributed by atoms with van der Waals surface area (Å²) in [7, 11) is 0. The summed E-state index contributed by atoms with van der Waals surface area (Å²) in [5.41, 5.74) is -1.04. The minimum Gasteiger partial charge on any atom is -0.324 e. The highest BCUT2D eigenvalue weighted by atomic mass is 35.5. The fraction of sp³-hybridized carbons (Fsp3) is 0.333. The van der Waals surface area contributed by atoms with Gasteiger partial charge < -0.3 is 10.6 Å². The Kier molecular flexibility index (Phi) is 7.06. The normalized spacial score (nSPS) is 11.5. The van der Waals surface area contributed by atoms with Crippen LogP contribution in [0, 0.1) is 5.92 Å². The number of thioether (sulfide) groups is 1. The van der Waals surface area contributed by atoms with Crippen molar-refractivity contribution in [2.45, 2.75) is 24.4 Å². The van der Waals surface area contributed by atoms with Crippen molar-refractivity contribution in [1.29, 1.82) is 0 Å². The number of carbonyl (C=O) groups excluding carboxylic acids is 2. The van der Waals surface area contributed by atoms with Crippen LogP contribution in [0.1, 0.15) is 19.4 Å². The largest absolute Gasteiger partial charge is 0.416 e. The number of hydrogen-bond donors (Lipinski definition) is 2. The molecule has 1 aromatic carbocycles. The summed E-state index contributed by atoms with van der Waals surface area (Å²) < 4.78 is 38.7. The van der Waals surface area contributed by atoms with Crippen LogP contribution in [0.15, 0.2) is 22.5 Å². The van der Waals surface area contributed by atoms with Crippen molar-refractivity contribution in [3.8, 4) is 0 Å². The van der Waals surface area contributed by atoms with Crippen LogP contribution in [0.3, 0.4) is 0 Å². The van der Waals surface area contributed by atoms with Gasteiger partial charge in [0.15, 0.2) is 4.34 Å². The molecule has 2 aromatic rings. The smallest absolute Gasteiger partial charge is 0.324 e. The highest BCUT2D eigenvalue weighted by Crippen LogP contribution is 2.34. The van der Waals surface area contributed by atoms with Crippen LogP contribution in [0.25, 0.3) is 0 Å². The van der Waals surface area contributed by atoms with Crippen LogP contribution in [-0.4, -0.2) is 27.8 Å². The van der Waals surface area contributed by atoms with Gasteiger partial charge in [-0.2, -0.15) is 13.2 Å². The summed E-state index contributed by atoms with van der Waals surface area (Å²) in [5.74, 6) is -1.09. The number of benzene rings is 1. The molecule has 1 heterocycles. The number of halogens is 4. The van der Waals surface area contributed by atoms with Crippen molar-refractivity contribution in [2.75, 3.05) is 16.4 Å². The molecule has 27 heavy (non-hydrogen) atoms. The second kappa shape index (κ2) is 8.89. The Hall–Kier alpha value is -1.85. The van der Waals surface area contributed by atoms with Gasteiger partial charge in [-0.15, -0.1) is 10.2 Å². The lowest BCUT2D eigenvalue weighted by atomic mass is 10.2. The molecule has 1 aromatic heterocycles. The molecule has 0 atom stereocenters. The molecular formula is C15H14ClF3N4O2S2. The molecule has 0 spiro atoms. The Morgan fingerprint density at radius 1 is 1.26 bits per heavy atom. The van der Waals surface area contributed by atoms with Gasteiger partial charge in [-0.1, -0.05) is 48.5 Å². The zero-order valence-corrected chi connectivity index (χ0v) is 16.4. The Morgan fingerprint density at radius 2 is 1.96 bits per heavy atom. The average Bonchev–Trinajstić information content (AvgIpc) is 3.01. The van der Waals surface area contributed by atoms with Crippen molar-refractivity contribution in [1.82, 2.24) is 10.2 Å². The molecule has 0 fully saturated rings. The van der Waals surface area contributed by atoms with Crippen molar-refractivity contribution in [3.05, 3.63) is 28.8 Å². The first kappa shape index (κ1) is 21.5. The van der Waals surface area contributed by atoms with Gasteiger partial charge in [0, 0.05) is 5.92 Å². The zero-order valence-electron chi connectivity index (χ0n) is 14.1. The van der Waals surface area contributed by atoms with Gasteiger partial charge in [-0.25, -0.2) is 0 Å². The number of carbonyl (C=O) groups is 2. The summed E-state index contributed by atoms with van der Waals surface area (Å²) >= 11 is 7.96. The SMILES string of the molecule is CC(C)C(=O)Nc1nnc(SCC(=O)Nc2cc(C(F)(F)F)ccc2Cl)s1. The topological polar surface area (TPSA) is 84.0 Å². The van der Waals surface area contributed by atoms with Gasteiger partial charge in [0.1, 0.15) is 0 Å². The fourth-order valence-electron chi connectivity index (χ4n) is 1.68. The van der Waals surface area contributed by atoms with Gasteiger partial charge in [-0.05, 0) is 18.2 Å². The third-order valence-corrected chi connectivity index (χ3v) is 5.36. The molecule has 0 unspecified atom stereocenters. The molecule has 2 amide bonds. The van der Waals surface area contributed by atoms with Gasteiger partial charge in [0.2, 0.25) is 16.9 Å². The van der Waals surface area contributed by atoms with E-state index in [1.807, 2.05) is 0 Å². The van der Waals surface area contributed by atoms with Gasteiger partial charge >= 0.3 is 6.18 Å². The van der Waals surface area contributed by atoms with Crippen molar-refractivity contribution < 1.29 is 22.8 Å². The maximum absolute atomic E-state index is 12.7. The van der Waals surface area contributed by atoms with E-state index in [2.05, 4.69) is 20.8 Å². The molecule has 2 N–H and O–H groups in total. The van der Waals surface area contributed by atoms with E-state index in [1.54, 1.807) is 13.8 Å². The first-order chi connectivity index (χ1) is 12.6. The maximum atomic E-state index is 12.7. The molecular weight excluding hydrogens is 425 g/mol. The number of hydrogen-bond acceptors (Lipinski definition) is 6. The second-order valence-electron chi connectivity index (χ2n) is 5.55. The summed E-state index contributed by atoms with van der Waals surface area (Å²) in [6, 6.07) is 2.68. The van der Waals surface area contributed by atoms with E-state index in [9.17, 15) is 22.8 Å². The first-order valence-electron chi connectivity index (χ1n) is 7.50. The van der Waals surface area contributed by atoms with Gasteiger partial charge in [0.25, 0.3) is 0 Å². The molecule has 0 aliphatic carbocycles. The van der Waals surface area contributed by atoms with Crippen LogP contribution in [-0.2, 0) is 15.8 Å². The molecule has 6 nitrogen and oxygen atoms in total. The highest BCUT2D eigenvalue weighted by molar-refractivity contribution is 8.01. The predicted octanol–water partition coefficient (Wildman–Crippen LogP) is 4.54. The number of amides is 2. The van der Waals surface area contributed by atoms with Crippen molar-refractivity contribution in [2.24, 2.45) is 5.92 Å². The number of nitrogens with one attached hydrogen (secondary N) is 2. The second-order valence-corrected chi connectivity index (χ2v) is 8.15. The van der Waals surface area contributed by atoms with Crippen LogP contribution in [0.4, 0.5) is 24.0 Å². The number of alkyl halides is 3. The Balaban J connectivity index is 1.94. The molecule has 0 aliphatic rings. The summed E-state index contributed by atoms with van der Waals surface area (Å²) in [6.45, 7) is 3.46. The lowest BCUT2D eigenvalue weighted by Crippen LogP contribution is -2.17. The van der Waals surface area contributed by atoms with Crippen molar-refractivity contribution >= 4 is 57.3 Å². The van der Waals surface area contributed by atoms with E-state index in [4.69, 9.17) is 11.6 Å². The third kappa shape index (κ3) is 6.36. The molecule has 0 radical (unpaired) electrons. The minimum atomic E-state index is -4.54. The van der Waals surface area contributed by atoms with E-state index in [-0.39, 0.29) is 28.3 Å². The number of aromatic nitrogens is 2. The van der Waals surface area contributed by atoms with Gasteiger partial charge in [-0.3, -0.25) is 9.59 Å². The predicted molar refractivity (Wildman–Crippen MR) is 99.2 cm³/mol. The maximum Gasteiger partial charge on any atom is 0.416 e. The lowest BCUT2D eigenvalue weighted by molar-refractivity contribution is -0.137. The molecule has 0 saturated heterocycles. The first-order valence-corrected chi connectivity index (χ1v) is 9.68. The Morgan fingerprint density at radius 3 is 2.59 bits per heavy atom. The molecule has 0 bridgehead atoms. The van der Waals surface area contributed by atoms with E-state index in [1.165, 1.54) is 0 Å². The fourth-order valence-corrected chi connectivity index (χ4v) is 3.40. The number of anilines is 2. The quantitative estimate of drug-likeness (QED) is 0.511. The van der Waals surface area contributed by atoms with Crippen molar-refractivity contribution in [3.63, 3.8) is 0 Å². The summed E-state index contributed by atoms with van der Waals surface area (Å²) in [6.07, 6.45) is -4.54. The number of rotatable bonds is 6. The third-order valence-electron chi connectivity index (χ3n) is 3.06. The van der Waals surface area contributed by atoms with E-state index < -0.39 is 17.6 Å². The van der Waals surface area contributed by atoms with E-state index in [0.29, 0.717) is 9.47 Å². The summed E-state index contributed by atoms with van der Waals surface area (Å²) in [5, 5.41) is 12.9. The lowest BCUT2D eigenvalue weighted by Gasteiger charge is -2.11. The van der Waals surface area contributed by atoms with Crippen LogP contribution in [0.5, 0.6) is 0 Å². The zero-order chi connectivity index (χ0) is 20.2. The monoisotopic (exact) mass is 438 g/mol. The minimum absolute atomic E-state index is 0.00375. The average molecular weight is 439 g/mol. The highest BCUT2D eigenvalue weighted by Gasteiger charge is 2.31. The Bertz CT molecular complexity index is 843. The molecule has 0 saturated carbocycles. The van der Waals surface area contributed by atoms with Crippen LogP contribution >= 0.6 is 34.7 Å². The van der Waals surface area contributed by atoms with E-state index in [0.717, 1.165) is 41.3 Å². The van der Waals surface area contributed by atoms with Crippen LogP contribution < -0.4 is 10.6 Å². The van der Waals surface area contributed by atoms with Gasteiger partial charge in [0.05, 0.1) is 22.0 Å². The molecule has 12 heteroatoms. The Labute approximate surface area is 165 Å². The summed E-state index contributed by atoms with van der Waals surface area (Å²) in [4.78, 5) is 23.6. The molecule has 0 aliphatic heterocycles. The standard InChI is InChI=1S/C15H14ClF3N4O2S2/c1-7(2)12(25)21-13-22-23-14(27-13)26-6-11(24)20-10-5-8(15(17,18)19)3-4-9(10)16/h3-5,7H,6H2,1-2H3,(H,20,24)(H,21,22,25). The van der Waals surface area contributed by atoms with E-state index >= 15 is 0 Å². The number of nitrogens with zero attached hydrogens (tertiary/aromatic N) is 2. The van der Waals surface area contributed by atoms with Crippen LogP contribution in [0.2, 0.25) is 5.02 Å². The molecule has 146 valence electrons.